The van der Waals surface area contributed by atoms with Crippen LogP contribution in [0.5, 0.6) is 0 Å². The van der Waals surface area contributed by atoms with Crippen LogP contribution in [0.1, 0.15) is 39.5 Å². The minimum atomic E-state index is -1.18. The van der Waals surface area contributed by atoms with Gasteiger partial charge in [0.1, 0.15) is 17.5 Å². The van der Waals surface area contributed by atoms with E-state index in [0.717, 1.165) is 18.6 Å². The molecule has 0 unspecified atom stereocenters. The summed E-state index contributed by atoms with van der Waals surface area (Å²) in [5.41, 5.74) is 0.176. The number of hydrogen-bond acceptors (Lipinski definition) is 5. The SMILES string of the molecule is CCCC1=NO[C@H]2C[C@](NC(=O)Nc3ccc(F)cc3)(C(=O)OCC)C[C@@H]12. The van der Waals surface area contributed by atoms with Crippen LogP contribution < -0.4 is 10.6 Å². The van der Waals surface area contributed by atoms with Crippen LogP contribution in [0.2, 0.25) is 0 Å². The number of oxime groups is 1. The minimum Gasteiger partial charge on any atom is -0.464 e. The molecule has 27 heavy (non-hydrogen) atoms. The van der Waals surface area contributed by atoms with Crippen molar-refractivity contribution < 1.29 is 23.6 Å². The largest absolute Gasteiger partial charge is 0.464 e. The number of nitrogens with one attached hydrogen (secondary N) is 2. The molecule has 1 fully saturated rings. The second kappa shape index (κ2) is 7.94. The van der Waals surface area contributed by atoms with E-state index in [4.69, 9.17) is 9.57 Å². The molecule has 3 atom stereocenters. The Bertz CT molecular complexity index is 737. The summed E-state index contributed by atoms with van der Waals surface area (Å²) in [6, 6.07) is 4.84. The number of hydrogen-bond donors (Lipinski definition) is 2. The fourth-order valence-corrected chi connectivity index (χ4v) is 3.71. The standard InChI is InChI=1S/C19H24FN3O4/c1-3-5-15-14-10-19(17(24)26-4-2,11-16(14)27-23-15)22-18(25)21-13-8-6-12(20)7-9-13/h6-9,14,16H,3-5,10-11H2,1-2H3,(H2,21,22,25)/t14-,16-,19-/m0/s1. The van der Waals surface area contributed by atoms with Crippen molar-refractivity contribution in [1.29, 1.82) is 0 Å². The lowest BCUT2D eigenvalue weighted by atomic mass is 9.92. The summed E-state index contributed by atoms with van der Waals surface area (Å²) in [6.07, 6.45) is 2.15. The molecule has 1 aromatic rings. The first-order valence-electron chi connectivity index (χ1n) is 9.22. The number of fused-ring (bicyclic) bond motifs is 1. The number of nitrogens with zero attached hydrogens (tertiary/aromatic N) is 1. The molecule has 1 saturated carbocycles. The Hall–Kier alpha value is -2.64. The molecule has 1 aliphatic carbocycles. The zero-order valence-corrected chi connectivity index (χ0v) is 15.5. The zero-order valence-electron chi connectivity index (χ0n) is 15.5. The van der Waals surface area contributed by atoms with Crippen molar-refractivity contribution in [2.75, 3.05) is 11.9 Å². The van der Waals surface area contributed by atoms with E-state index in [1.807, 2.05) is 0 Å². The Kier molecular flexibility index (Phi) is 5.62. The minimum absolute atomic E-state index is 0.0134. The van der Waals surface area contributed by atoms with Gasteiger partial charge in [-0.2, -0.15) is 0 Å². The van der Waals surface area contributed by atoms with Gasteiger partial charge in [-0.05, 0) is 44.0 Å². The van der Waals surface area contributed by atoms with Crippen molar-refractivity contribution in [2.24, 2.45) is 11.1 Å². The van der Waals surface area contributed by atoms with Crippen LogP contribution in [-0.2, 0) is 14.4 Å². The molecule has 1 aromatic carbocycles. The first-order chi connectivity index (χ1) is 13.0. The van der Waals surface area contributed by atoms with Gasteiger partial charge in [0.2, 0.25) is 0 Å². The molecular weight excluding hydrogens is 353 g/mol. The van der Waals surface area contributed by atoms with Gasteiger partial charge in [0.05, 0.1) is 12.3 Å². The fraction of sp³-hybridized carbons (Fsp3) is 0.526. The van der Waals surface area contributed by atoms with Gasteiger partial charge >= 0.3 is 12.0 Å². The Balaban J connectivity index is 1.74. The van der Waals surface area contributed by atoms with E-state index >= 15 is 0 Å². The van der Waals surface area contributed by atoms with Crippen LogP contribution in [0.15, 0.2) is 29.4 Å². The van der Waals surface area contributed by atoms with E-state index in [2.05, 4.69) is 22.7 Å². The van der Waals surface area contributed by atoms with Crippen molar-refractivity contribution in [3.8, 4) is 0 Å². The van der Waals surface area contributed by atoms with Gasteiger partial charge in [-0.25, -0.2) is 14.0 Å². The van der Waals surface area contributed by atoms with E-state index in [1.54, 1.807) is 6.92 Å². The number of ether oxygens (including phenoxy) is 1. The predicted octanol–water partition coefficient (Wildman–Crippen LogP) is 3.21. The van der Waals surface area contributed by atoms with Crippen LogP contribution in [0, 0.1) is 11.7 Å². The maximum Gasteiger partial charge on any atom is 0.332 e. The monoisotopic (exact) mass is 377 g/mol. The van der Waals surface area contributed by atoms with Crippen LogP contribution in [0.25, 0.3) is 0 Å². The predicted molar refractivity (Wildman–Crippen MR) is 97.9 cm³/mol. The number of halogens is 1. The topological polar surface area (TPSA) is 89.0 Å². The van der Waals surface area contributed by atoms with Crippen molar-refractivity contribution in [3.05, 3.63) is 30.1 Å². The molecule has 0 radical (unpaired) electrons. The molecule has 3 rings (SSSR count). The summed E-state index contributed by atoms with van der Waals surface area (Å²) in [5.74, 6) is -0.888. The molecule has 0 spiro atoms. The summed E-state index contributed by atoms with van der Waals surface area (Å²) in [5, 5.41) is 9.54. The van der Waals surface area contributed by atoms with Gasteiger partial charge in [0.25, 0.3) is 0 Å². The molecule has 2 N–H and O–H groups in total. The summed E-state index contributed by atoms with van der Waals surface area (Å²) < 4.78 is 18.2. The Labute approximate surface area is 157 Å². The normalized spacial score (nSPS) is 26.0. The maximum absolute atomic E-state index is 13.0. The van der Waals surface area contributed by atoms with Gasteiger partial charge in [0.15, 0.2) is 0 Å². The zero-order chi connectivity index (χ0) is 19.4. The van der Waals surface area contributed by atoms with E-state index < -0.39 is 23.4 Å². The molecule has 0 aromatic heterocycles. The number of esters is 1. The molecule has 1 heterocycles. The first-order valence-corrected chi connectivity index (χ1v) is 9.22. The number of urea groups is 1. The molecule has 0 bridgehead atoms. The molecule has 2 aliphatic rings. The molecule has 146 valence electrons. The van der Waals surface area contributed by atoms with E-state index in [0.29, 0.717) is 18.5 Å². The summed E-state index contributed by atoms with van der Waals surface area (Å²) >= 11 is 0. The highest BCUT2D eigenvalue weighted by atomic mass is 19.1. The lowest BCUT2D eigenvalue weighted by molar-refractivity contribution is -0.151. The third-order valence-electron chi connectivity index (χ3n) is 4.93. The van der Waals surface area contributed by atoms with Crippen molar-refractivity contribution in [1.82, 2.24) is 5.32 Å². The quantitative estimate of drug-likeness (QED) is 0.745. The number of benzene rings is 1. The summed E-state index contributed by atoms with van der Waals surface area (Å²) in [4.78, 5) is 30.7. The van der Waals surface area contributed by atoms with Gasteiger partial charge in [-0.1, -0.05) is 18.5 Å². The van der Waals surface area contributed by atoms with Gasteiger partial charge in [-0.3, -0.25) is 0 Å². The number of amides is 2. The third kappa shape index (κ3) is 4.04. The molecule has 2 amide bonds. The van der Waals surface area contributed by atoms with E-state index in [9.17, 15) is 14.0 Å². The highest BCUT2D eigenvalue weighted by Crippen LogP contribution is 2.42. The van der Waals surface area contributed by atoms with Gasteiger partial charge < -0.3 is 20.2 Å². The van der Waals surface area contributed by atoms with Crippen LogP contribution >= 0.6 is 0 Å². The molecule has 0 saturated heterocycles. The average molecular weight is 377 g/mol. The van der Waals surface area contributed by atoms with Gasteiger partial charge in [0, 0.05) is 18.0 Å². The van der Waals surface area contributed by atoms with E-state index in [1.165, 1.54) is 24.3 Å². The second-order valence-electron chi connectivity index (χ2n) is 6.88. The van der Waals surface area contributed by atoms with Crippen molar-refractivity contribution >= 4 is 23.4 Å². The maximum atomic E-state index is 13.0. The molecular formula is C19H24FN3O4. The number of rotatable bonds is 6. The van der Waals surface area contributed by atoms with Gasteiger partial charge in [-0.15, -0.1) is 0 Å². The lowest BCUT2D eigenvalue weighted by Crippen LogP contribution is -2.55. The van der Waals surface area contributed by atoms with Crippen LogP contribution in [0.4, 0.5) is 14.9 Å². The molecule has 7 nitrogen and oxygen atoms in total. The van der Waals surface area contributed by atoms with Crippen LogP contribution in [0.3, 0.4) is 0 Å². The smallest absolute Gasteiger partial charge is 0.332 e. The summed E-state index contributed by atoms with van der Waals surface area (Å²) in [6.45, 7) is 3.99. The summed E-state index contributed by atoms with van der Waals surface area (Å²) in [7, 11) is 0. The number of carbonyl (C=O) groups is 2. The fourth-order valence-electron chi connectivity index (χ4n) is 3.71. The first kappa shape index (κ1) is 19.1. The number of anilines is 1. The molecule has 1 aliphatic heterocycles. The molecule has 8 heteroatoms. The Morgan fingerprint density at radius 3 is 2.70 bits per heavy atom. The van der Waals surface area contributed by atoms with Crippen LogP contribution in [-0.4, -0.2) is 36.0 Å². The number of carbonyl (C=O) groups excluding carboxylic acids is 2. The van der Waals surface area contributed by atoms with Crippen molar-refractivity contribution in [2.45, 2.75) is 51.2 Å². The Morgan fingerprint density at radius 1 is 1.30 bits per heavy atom. The van der Waals surface area contributed by atoms with E-state index in [-0.39, 0.29) is 18.6 Å². The average Bonchev–Trinajstić information content (AvgIpc) is 3.17. The second-order valence-corrected chi connectivity index (χ2v) is 6.88. The third-order valence-corrected chi connectivity index (χ3v) is 4.93. The Morgan fingerprint density at radius 2 is 2.04 bits per heavy atom. The highest BCUT2D eigenvalue weighted by molar-refractivity contribution is 5.96. The lowest BCUT2D eigenvalue weighted by Gasteiger charge is -2.28. The van der Waals surface area contributed by atoms with Crippen molar-refractivity contribution in [3.63, 3.8) is 0 Å². The highest BCUT2D eigenvalue weighted by Gasteiger charge is 2.56.